The molecule has 1 rings (SSSR count). The first-order chi connectivity index (χ1) is 5.33. The maximum absolute atomic E-state index is 3.53. The average Bonchev–Trinajstić information content (AvgIpc) is 2.04. The fourth-order valence-electron chi connectivity index (χ4n) is 0.727. The molecule has 1 aromatic carbocycles. The molecule has 0 saturated heterocycles. The molecule has 0 atom stereocenters. The van der Waals surface area contributed by atoms with Crippen LogP contribution >= 0.6 is 0 Å². The summed E-state index contributed by atoms with van der Waals surface area (Å²) in [6.45, 7) is 5.63. The average molecular weight is 209 g/mol. The number of aryl methyl sites for hydroxylation is 1. The summed E-state index contributed by atoms with van der Waals surface area (Å²) in [6.07, 6.45) is 0. The third-order valence-corrected chi connectivity index (χ3v) is 3.04. The third-order valence-electron chi connectivity index (χ3n) is 1.30. The second-order valence-electron chi connectivity index (χ2n) is 2.25. The van der Waals surface area contributed by atoms with E-state index in [2.05, 4.69) is 43.5 Å². The van der Waals surface area contributed by atoms with Gasteiger partial charge >= 0.3 is 73.5 Å². The third kappa shape index (κ3) is 2.78. The molecule has 0 radical (unpaired) electrons. The van der Waals surface area contributed by atoms with Crippen LogP contribution in [0.15, 0.2) is 41.6 Å². The second kappa shape index (κ2) is 4.20. The van der Waals surface area contributed by atoms with E-state index < -0.39 is 0 Å². The van der Waals surface area contributed by atoms with E-state index in [1.807, 2.05) is 4.97 Å². The van der Waals surface area contributed by atoms with Crippen LogP contribution in [0.5, 0.6) is 0 Å². The fourth-order valence-corrected chi connectivity index (χ4v) is 1.80. The maximum atomic E-state index is 3.53. The first-order valence-electron chi connectivity index (χ1n) is 3.40. The molecule has 0 nitrogen and oxygen atoms in total. The summed E-state index contributed by atoms with van der Waals surface area (Å²) in [5.74, 6) is 0. The minimum absolute atomic E-state index is 0.412. The molecule has 0 aliphatic heterocycles. The van der Waals surface area contributed by atoms with E-state index in [0.29, 0.717) is 15.0 Å². The Kier molecular flexibility index (Phi) is 3.19. The van der Waals surface area contributed by atoms with E-state index >= 15 is 0 Å². The molecule has 1 aromatic rings. The van der Waals surface area contributed by atoms with Crippen LogP contribution in [0.3, 0.4) is 0 Å². The molecule has 0 aliphatic carbocycles. The minimum atomic E-state index is 0.412. The topological polar surface area (TPSA) is 0 Å². The molecule has 0 fully saturated rings. The Labute approximate surface area is 73.8 Å². The van der Waals surface area contributed by atoms with Crippen LogP contribution in [0, 0.1) is 6.92 Å². The van der Waals surface area contributed by atoms with Gasteiger partial charge in [-0.2, -0.15) is 0 Å². The zero-order valence-corrected chi connectivity index (χ0v) is 8.22. The molecule has 0 saturated carbocycles. The molecule has 1 heteroatoms. The summed E-state index contributed by atoms with van der Waals surface area (Å²) in [5.41, 5.74) is 4.10. The van der Waals surface area contributed by atoms with Crippen molar-refractivity contribution in [1.82, 2.24) is 0 Å². The van der Waals surface area contributed by atoms with Crippen molar-refractivity contribution in [2.75, 3.05) is 0 Å². The Bertz CT molecular complexity index is 265. The Morgan fingerprint density at radius 2 is 2.00 bits per heavy atom. The molecule has 0 spiro atoms. The Hall–Kier alpha value is -0.741. The van der Waals surface area contributed by atoms with Gasteiger partial charge in [-0.1, -0.05) is 0 Å². The summed E-state index contributed by atoms with van der Waals surface area (Å²) in [4.78, 5) is 2.00. The summed E-state index contributed by atoms with van der Waals surface area (Å²) < 4.78 is 1.37. The van der Waals surface area contributed by atoms with Crippen LogP contribution in [-0.2, 0) is 0 Å². The van der Waals surface area contributed by atoms with Crippen LogP contribution in [0.4, 0.5) is 0 Å². The predicted molar refractivity (Wildman–Crippen MR) is 50.3 cm³/mol. The Balaban J connectivity index is 2.73. The van der Waals surface area contributed by atoms with Gasteiger partial charge in [-0.25, -0.2) is 0 Å². The fraction of sp³-hybridized carbons (Fsp3) is 0.100. The van der Waals surface area contributed by atoms with E-state index in [1.165, 1.54) is 10.0 Å². The van der Waals surface area contributed by atoms with Gasteiger partial charge in [0.2, 0.25) is 0 Å². The number of hydrogen-bond acceptors (Lipinski definition) is 0. The zero-order valence-electron chi connectivity index (χ0n) is 6.50. The molecule has 0 heterocycles. The van der Waals surface area contributed by atoms with Gasteiger partial charge in [0.25, 0.3) is 0 Å². The SMILES string of the molecule is C=C=C[Se]c1ccc(C)cc1. The summed E-state index contributed by atoms with van der Waals surface area (Å²) in [5, 5.41) is 0. The summed E-state index contributed by atoms with van der Waals surface area (Å²) in [6, 6.07) is 8.58. The van der Waals surface area contributed by atoms with Gasteiger partial charge in [-0.05, 0) is 0 Å². The number of rotatable bonds is 2. The quantitative estimate of drug-likeness (QED) is 0.513. The molecular formula is C10H10Se. The molecule has 0 bridgehead atoms. The van der Waals surface area contributed by atoms with Crippen LogP contribution in [0.25, 0.3) is 0 Å². The van der Waals surface area contributed by atoms with Crippen molar-refractivity contribution in [3.05, 3.63) is 47.1 Å². The normalized spacial score (nSPS) is 8.82. The Morgan fingerprint density at radius 3 is 2.55 bits per heavy atom. The molecule has 0 unspecified atom stereocenters. The van der Waals surface area contributed by atoms with Gasteiger partial charge in [0, 0.05) is 0 Å². The van der Waals surface area contributed by atoms with Crippen molar-refractivity contribution < 1.29 is 0 Å². The first kappa shape index (κ1) is 8.36. The van der Waals surface area contributed by atoms with Crippen LogP contribution in [-0.4, -0.2) is 15.0 Å². The number of hydrogen-bond donors (Lipinski definition) is 0. The second-order valence-corrected chi connectivity index (χ2v) is 4.23. The van der Waals surface area contributed by atoms with Crippen LogP contribution < -0.4 is 4.46 Å². The van der Waals surface area contributed by atoms with E-state index in [4.69, 9.17) is 0 Å². The van der Waals surface area contributed by atoms with Gasteiger partial charge < -0.3 is 0 Å². The van der Waals surface area contributed by atoms with Gasteiger partial charge in [-0.15, -0.1) is 0 Å². The van der Waals surface area contributed by atoms with E-state index in [0.717, 1.165) is 0 Å². The van der Waals surface area contributed by atoms with Crippen molar-refractivity contribution in [3.63, 3.8) is 0 Å². The van der Waals surface area contributed by atoms with Crippen molar-refractivity contribution >= 4 is 19.4 Å². The Morgan fingerprint density at radius 1 is 1.36 bits per heavy atom. The van der Waals surface area contributed by atoms with Crippen molar-refractivity contribution in [1.29, 1.82) is 0 Å². The molecule has 0 aliphatic rings. The van der Waals surface area contributed by atoms with Gasteiger partial charge in [0.1, 0.15) is 0 Å². The molecular weight excluding hydrogens is 199 g/mol. The standard InChI is InChI=1S/C10H10Se/c1-3-8-11-10-6-4-9(2)5-7-10/h4-8H,1H2,2H3. The molecule has 11 heavy (non-hydrogen) atoms. The van der Waals surface area contributed by atoms with E-state index in [-0.39, 0.29) is 0 Å². The molecule has 56 valence electrons. The van der Waals surface area contributed by atoms with Crippen molar-refractivity contribution in [3.8, 4) is 0 Å². The predicted octanol–water partition coefficient (Wildman–Crippen LogP) is 1.62. The van der Waals surface area contributed by atoms with Crippen LogP contribution in [0.1, 0.15) is 5.56 Å². The molecule has 0 N–H and O–H groups in total. The van der Waals surface area contributed by atoms with Crippen molar-refractivity contribution in [2.24, 2.45) is 0 Å². The molecule has 0 aromatic heterocycles. The first-order valence-corrected chi connectivity index (χ1v) is 5.25. The van der Waals surface area contributed by atoms with E-state index in [9.17, 15) is 0 Å². The summed E-state index contributed by atoms with van der Waals surface area (Å²) >= 11 is 0.412. The van der Waals surface area contributed by atoms with E-state index in [1.54, 1.807) is 0 Å². The van der Waals surface area contributed by atoms with Crippen molar-refractivity contribution in [2.45, 2.75) is 6.92 Å². The van der Waals surface area contributed by atoms with Gasteiger partial charge in [-0.3, -0.25) is 0 Å². The molecule has 0 amide bonds. The van der Waals surface area contributed by atoms with Gasteiger partial charge in [0.05, 0.1) is 0 Å². The van der Waals surface area contributed by atoms with Crippen LogP contribution in [0.2, 0.25) is 0 Å². The summed E-state index contributed by atoms with van der Waals surface area (Å²) in [7, 11) is 0. The van der Waals surface area contributed by atoms with Gasteiger partial charge in [0.15, 0.2) is 0 Å². The zero-order chi connectivity index (χ0) is 8.10. The number of benzene rings is 1. The monoisotopic (exact) mass is 210 g/mol.